The number of rotatable bonds is 8. The summed E-state index contributed by atoms with van der Waals surface area (Å²) in [6.07, 6.45) is 4.02. The van der Waals surface area contributed by atoms with Crippen LogP contribution in [-0.4, -0.2) is 36.5 Å². The number of thiazole rings is 1. The van der Waals surface area contributed by atoms with Crippen molar-refractivity contribution < 1.29 is 9.53 Å². The molecule has 0 spiro atoms. The highest BCUT2D eigenvalue weighted by Gasteiger charge is 2.23. The van der Waals surface area contributed by atoms with E-state index in [0.29, 0.717) is 30.8 Å². The molecule has 1 aliphatic rings. The van der Waals surface area contributed by atoms with Gasteiger partial charge in [0.25, 0.3) is 5.91 Å². The molecule has 0 radical (unpaired) electrons. The number of aryl methyl sites for hydroxylation is 1. The first-order valence-corrected chi connectivity index (χ1v) is 9.81. The highest BCUT2D eigenvalue weighted by Crippen LogP contribution is 2.18. The molecule has 1 aromatic heterocycles. The first kappa shape index (κ1) is 19.2. The predicted octanol–water partition coefficient (Wildman–Crippen LogP) is 1.97. The SMILES string of the molecule is CN=C(NCc1cccc(OCC(=O)NC2CC2)c1)NCc1ncc(C)s1. The minimum absolute atomic E-state index is 0.0455. The molecule has 1 amide bonds. The third-order valence-corrected chi connectivity index (χ3v) is 4.88. The van der Waals surface area contributed by atoms with E-state index in [4.69, 9.17) is 4.74 Å². The summed E-state index contributed by atoms with van der Waals surface area (Å²) in [6.45, 7) is 3.32. The molecule has 1 heterocycles. The van der Waals surface area contributed by atoms with Crippen LogP contribution in [0.5, 0.6) is 5.75 Å². The van der Waals surface area contributed by atoms with Crippen LogP contribution < -0.4 is 20.7 Å². The van der Waals surface area contributed by atoms with Crippen molar-refractivity contribution in [1.82, 2.24) is 20.9 Å². The van der Waals surface area contributed by atoms with Gasteiger partial charge in [0.05, 0.1) is 6.54 Å². The molecule has 27 heavy (non-hydrogen) atoms. The molecule has 144 valence electrons. The summed E-state index contributed by atoms with van der Waals surface area (Å²) in [5.41, 5.74) is 1.04. The number of hydrogen-bond acceptors (Lipinski definition) is 5. The van der Waals surface area contributed by atoms with E-state index in [0.717, 1.165) is 23.4 Å². The Morgan fingerprint density at radius 2 is 2.15 bits per heavy atom. The molecule has 1 aromatic carbocycles. The minimum Gasteiger partial charge on any atom is -0.484 e. The molecular weight excluding hydrogens is 362 g/mol. The van der Waals surface area contributed by atoms with E-state index >= 15 is 0 Å². The second kappa shape index (κ2) is 9.36. The number of nitrogens with zero attached hydrogens (tertiary/aromatic N) is 2. The Labute approximate surface area is 163 Å². The summed E-state index contributed by atoms with van der Waals surface area (Å²) in [5, 5.41) is 10.5. The quantitative estimate of drug-likeness (QED) is 0.476. The summed E-state index contributed by atoms with van der Waals surface area (Å²) in [4.78, 5) is 21.5. The number of benzene rings is 1. The van der Waals surface area contributed by atoms with Crippen LogP contribution in [0.25, 0.3) is 0 Å². The van der Waals surface area contributed by atoms with E-state index in [1.54, 1.807) is 18.4 Å². The number of ether oxygens (including phenoxy) is 1. The van der Waals surface area contributed by atoms with Gasteiger partial charge in [-0.1, -0.05) is 12.1 Å². The Morgan fingerprint density at radius 1 is 1.33 bits per heavy atom. The molecule has 8 heteroatoms. The maximum atomic E-state index is 11.7. The normalized spacial score (nSPS) is 13.9. The second-order valence-electron chi connectivity index (χ2n) is 6.42. The first-order valence-electron chi connectivity index (χ1n) is 8.99. The standard InChI is InChI=1S/C19H25N5O2S/c1-13-9-21-18(27-13)11-23-19(20-2)22-10-14-4-3-5-16(8-14)26-12-17(25)24-15-6-7-15/h3-5,8-9,15H,6-7,10-12H2,1-2H3,(H,24,25)(H2,20,22,23). The maximum Gasteiger partial charge on any atom is 0.258 e. The number of aliphatic imine (C=N–C) groups is 1. The van der Waals surface area contributed by atoms with Crippen LogP contribution in [-0.2, 0) is 17.9 Å². The smallest absolute Gasteiger partial charge is 0.258 e. The molecule has 0 aliphatic heterocycles. The Hall–Kier alpha value is -2.61. The van der Waals surface area contributed by atoms with Gasteiger partial charge in [-0.05, 0) is 37.5 Å². The molecular formula is C19H25N5O2S. The third kappa shape index (κ3) is 6.56. The fourth-order valence-corrected chi connectivity index (χ4v) is 3.17. The average molecular weight is 388 g/mol. The Kier molecular flexibility index (Phi) is 6.64. The van der Waals surface area contributed by atoms with E-state index in [1.165, 1.54) is 4.88 Å². The summed E-state index contributed by atoms with van der Waals surface area (Å²) >= 11 is 1.67. The largest absolute Gasteiger partial charge is 0.484 e. The van der Waals surface area contributed by atoms with Crippen LogP contribution in [0.1, 0.15) is 28.3 Å². The van der Waals surface area contributed by atoms with Crippen molar-refractivity contribution in [2.24, 2.45) is 4.99 Å². The van der Waals surface area contributed by atoms with Gasteiger partial charge in [-0.25, -0.2) is 4.98 Å². The van der Waals surface area contributed by atoms with Gasteiger partial charge >= 0.3 is 0 Å². The number of hydrogen-bond donors (Lipinski definition) is 3. The van der Waals surface area contributed by atoms with Crippen LogP contribution in [0.2, 0.25) is 0 Å². The highest BCUT2D eigenvalue weighted by atomic mass is 32.1. The average Bonchev–Trinajstić information content (AvgIpc) is 3.39. The fourth-order valence-electron chi connectivity index (χ4n) is 2.44. The Bertz CT molecular complexity index is 801. The lowest BCUT2D eigenvalue weighted by atomic mass is 10.2. The van der Waals surface area contributed by atoms with Gasteiger partial charge in [0.15, 0.2) is 12.6 Å². The van der Waals surface area contributed by atoms with E-state index in [9.17, 15) is 4.79 Å². The molecule has 1 saturated carbocycles. The molecule has 0 bridgehead atoms. The van der Waals surface area contributed by atoms with Gasteiger partial charge in [-0.15, -0.1) is 11.3 Å². The fraction of sp³-hybridized carbons (Fsp3) is 0.421. The maximum absolute atomic E-state index is 11.7. The van der Waals surface area contributed by atoms with E-state index in [1.807, 2.05) is 37.4 Å². The molecule has 1 fully saturated rings. The monoisotopic (exact) mass is 387 g/mol. The summed E-state index contributed by atoms with van der Waals surface area (Å²) < 4.78 is 5.59. The van der Waals surface area contributed by atoms with Crippen LogP contribution in [0.15, 0.2) is 35.5 Å². The summed E-state index contributed by atoms with van der Waals surface area (Å²) in [6, 6.07) is 8.05. The van der Waals surface area contributed by atoms with Gasteiger partial charge in [0, 0.05) is 30.7 Å². The van der Waals surface area contributed by atoms with Crippen molar-refractivity contribution in [3.63, 3.8) is 0 Å². The lowest BCUT2D eigenvalue weighted by molar-refractivity contribution is -0.123. The number of guanidine groups is 1. The Balaban J connectivity index is 1.44. The molecule has 3 rings (SSSR count). The van der Waals surface area contributed by atoms with Crippen LogP contribution in [0, 0.1) is 6.92 Å². The van der Waals surface area contributed by atoms with Crippen molar-refractivity contribution in [2.75, 3.05) is 13.7 Å². The van der Waals surface area contributed by atoms with E-state index < -0.39 is 0 Å². The molecule has 0 atom stereocenters. The predicted molar refractivity (Wildman–Crippen MR) is 107 cm³/mol. The lowest BCUT2D eigenvalue weighted by Gasteiger charge is -2.12. The van der Waals surface area contributed by atoms with Crippen LogP contribution in [0.3, 0.4) is 0 Å². The third-order valence-electron chi connectivity index (χ3n) is 3.97. The zero-order valence-electron chi connectivity index (χ0n) is 15.6. The second-order valence-corrected chi connectivity index (χ2v) is 7.74. The zero-order valence-corrected chi connectivity index (χ0v) is 16.4. The Morgan fingerprint density at radius 3 is 2.85 bits per heavy atom. The van der Waals surface area contributed by atoms with Gasteiger partial charge in [-0.3, -0.25) is 9.79 Å². The van der Waals surface area contributed by atoms with Crippen molar-refractivity contribution in [2.45, 2.75) is 38.9 Å². The van der Waals surface area contributed by atoms with Crippen molar-refractivity contribution in [1.29, 1.82) is 0 Å². The highest BCUT2D eigenvalue weighted by molar-refractivity contribution is 7.11. The zero-order chi connectivity index (χ0) is 19.1. The molecule has 7 nitrogen and oxygen atoms in total. The van der Waals surface area contributed by atoms with E-state index in [2.05, 4.69) is 25.9 Å². The molecule has 0 unspecified atom stereocenters. The molecule has 2 aromatic rings. The lowest BCUT2D eigenvalue weighted by Crippen LogP contribution is -2.36. The van der Waals surface area contributed by atoms with Crippen LogP contribution >= 0.6 is 11.3 Å². The molecule has 1 aliphatic carbocycles. The van der Waals surface area contributed by atoms with Crippen molar-refractivity contribution in [3.8, 4) is 5.75 Å². The minimum atomic E-state index is -0.0666. The molecule has 3 N–H and O–H groups in total. The van der Waals surface area contributed by atoms with Gasteiger partial charge < -0.3 is 20.7 Å². The number of carbonyl (C=O) groups excluding carboxylic acids is 1. The number of aromatic nitrogens is 1. The topological polar surface area (TPSA) is 87.6 Å². The van der Waals surface area contributed by atoms with Gasteiger partial charge in [0.2, 0.25) is 0 Å². The van der Waals surface area contributed by atoms with Crippen LogP contribution in [0.4, 0.5) is 0 Å². The number of carbonyl (C=O) groups is 1. The number of nitrogens with one attached hydrogen (secondary N) is 3. The van der Waals surface area contributed by atoms with E-state index in [-0.39, 0.29) is 12.5 Å². The van der Waals surface area contributed by atoms with Crippen molar-refractivity contribution >= 4 is 23.2 Å². The molecule has 0 saturated heterocycles. The van der Waals surface area contributed by atoms with Crippen molar-refractivity contribution in [3.05, 3.63) is 45.9 Å². The van der Waals surface area contributed by atoms with Gasteiger partial charge in [-0.2, -0.15) is 0 Å². The number of amides is 1. The summed E-state index contributed by atoms with van der Waals surface area (Å²) in [5.74, 6) is 1.32. The first-order chi connectivity index (χ1) is 13.1. The summed E-state index contributed by atoms with van der Waals surface area (Å²) in [7, 11) is 1.74. The van der Waals surface area contributed by atoms with Gasteiger partial charge in [0.1, 0.15) is 10.8 Å².